The molecule has 1 unspecified atom stereocenters. The van der Waals surface area contributed by atoms with E-state index in [1.54, 1.807) is 12.1 Å². The van der Waals surface area contributed by atoms with Gasteiger partial charge in [-0.3, -0.25) is 0 Å². The molecule has 0 aliphatic carbocycles. The molecule has 88 valence electrons. The van der Waals surface area contributed by atoms with Crippen LogP contribution in [0.2, 0.25) is 0 Å². The SMILES string of the molecule is Cc1cc(F)c(C(N)c2ccccc2)cc1F. The second-order valence-corrected chi connectivity index (χ2v) is 4.01. The van der Waals surface area contributed by atoms with Crippen LogP contribution in [0.5, 0.6) is 0 Å². The summed E-state index contributed by atoms with van der Waals surface area (Å²) in [5.41, 5.74) is 7.15. The second-order valence-electron chi connectivity index (χ2n) is 4.01. The molecule has 0 fully saturated rings. The van der Waals surface area contributed by atoms with Crippen LogP contribution in [0.4, 0.5) is 8.78 Å². The number of benzene rings is 2. The summed E-state index contributed by atoms with van der Waals surface area (Å²) < 4.78 is 27.1. The van der Waals surface area contributed by atoms with Crippen LogP contribution in [0.3, 0.4) is 0 Å². The Labute approximate surface area is 98.9 Å². The van der Waals surface area contributed by atoms with Gasteiger partial charge < -0.3 is 5.73 Å². The average molecular weight is 233 g/mol. The Morgan fingerprint density at radius 2 is 1.65 bits per heavy atom. The molecule has 0 saturated carbocycles. The summed E-state index contributed by atoms with van der Waals surface area (Å²) >= 11 is 0. The molecule has 0 amide bonds. The van der Waals surface area contributed by atoms with Gasteiger partial charge in [0.15, 0.2) is 0 Å². The summed E-state index contributed by atoms with van der Waals surface area (Å²) in [4.78, 5) is 0. The smallest absolute Gasteiger partial charge is 0.128 e. The van der Waals surface area contributed by atoms with E-state index in [9.17, 15) is 8.78 Å². The van der Waals surface area contributed by atoms with E-state index < -0.39 is 17.7 Å². The number of rotatable bonds is 2. The molecule has 0 aliphatic rings. The quantitative estimate of drug-likeness (QED) is 0.846. The Bertz CT molecular complexity index is 523. The molecule has 0 aromatic heterocycles. The average Bonchev–Trinajstić information content (AvgIpc) is 2.34. The maximum atomic E-state index is 13.7. The first-order valence-corrected chi connectivity index (χ1v) is 5.35. The fourth-order valence-corrected chi connectivity index (χ4v) is 1.74. The maximum Gasteiger partial charge on any atom is 0.128 e. The fraction of sp³-hybridized carbons (Fsp3) is 0.143. The van der Waals surface area contributed by atoms with Crippen molar-refractivity contribution in [2.45, 2.75) is 13.0 Å². The molecule has 0 saturated heterocycles. The van der Waals surface area contributed by atoms with Gasteiger partial charge in [0.2, 0.25) is 0 Å². The Balaban J connectivity index is 2.44. The largest absolute Gasteiger partial charge is 0.320 e. The number of halogens is 2. The lowest BCUT2D eigenvalue weighted by Gasteiger charge is -2.14. The molecular formula is C14H13F2N. The Morgan fingerprint density at radius 1 is 1.00 bits per heavy atom. The van der Waals surface area contributed by atoms with Crippen molar-refractivity contribution in [1.29, 1.82) is 0 Å². The first-order valence-electron chi connectivity index (χ1n) is 5.35. The normalized spacial score (nSPS) is 12.5. The number of hydrogen-bond donors (Lipinski definition) is 1. The van der Waals surface area contributed by atoms with E-state index in [4.69, 9.17) is 5.73 Å². The Hall–Kier alpha value is -1.74. The number of aryl methyl sites for hydroxylation is 1. The fourth-order valence-electron chi connectivity index (χ4n) is 1.74. The van der Waals surface area contributed by atoms with Crippen molar-refractivity contribution in [2.75, 3.05) is 0 Å². The molecule has 17 heavy (non-hydrogen) atoms. The summed E-state index contributed by atoms with van der Waals surface area (Å²) in [6.07, 6.45) is 0. The monoisotopic (exact) mass is 233 g/mol. The van der Waals surface area contributed by atoms with Gasteiger partial charge >= 0.3 is 0 Å². The third-order valence-electron chi connectivity index (χ3n) is 2.77. The van der Waals surface area contributed by atoms with Crippen LogP contribution in [0, 0.1) is 18.6 Å². The lowest BCUT2D eigenvalue weighted by atomic mass is 9.98. The van der Waals surface area contributed by atoms with Crippen molar-refractivity contribution in [3.05, 3.63) is 70.8 Å². The molecule has 0 bridgehead atoms. The van der Waals surface area contributed by atoms with Crippen LogP contribution in [-0.2, 0) is 0 Å². The van der Waals surface area contributed by atoms with E-state index in [1.165, 1.54) is 19.1 Å². The Morgan fingerprint density at radius 3 is 2.29 bits per heavy atom. The minimum atomic E-state index is -0.647. The molecule has 1 atom stereocenters. The third-order valence-corrected chi connectivity index (χ3v) is 2.77. The van der Waals surface area contributed by atoms with Crippen molar-refractivity contribution < 1.29 is 8.78 Å². The standard InChI is InChI=1S/C14H13F2N/c1-9-7-13(16)11(8-12(9)15)14(17)10-5-3-2-4-6-10/h2-8,14H,17H2,1H3. The summed E-state index contributed by atoms with van der Waals surface area (Å²) in [6.45, 7) is 1.52. The van der Waals surface area contributed by atoms with Gasteiger partial charge in [-0.25, -0.2) is 8.78 Å². The molecule has 2 aromatic rings. The van der Waals surface area contributed by atoms with Gasteiger partial charge in [-0.1, -0.05) is 30.3 Å². The van der Waals surface area contributed by atoms with Crippen molar-refractivity contribution in [1.82, 2.24) is 0 Å². The van der Waals surface area contributed by atoms with Gasteiger partial charge in [0.25, 0.3) is 0 Å². The summed E-state index contributed by atoms with van der Waals surface area (Å²) in [5, 5.41) is 0. The van der Waals surface area contributed by atoms with E-state index in [2.05, 4.69) is 0 Å². The van der Waals surface area contributed by atoms with Gasteiger partial charge in [-0.15, -0.1) is 0 Å². The van der Waals surface area contributed by atoms with Gasteiger partial charge in [0, 0.05) is 5.56 Å². The highest BCUT2D eigenvalue weighted by Gasteiger charge is 2.15. The maximum absolute atomic E-state index is 13.7. The highest BCUT2D eigenvalue weighted by Crippen LogP contribution is 2.24. The van der Waals surface area contributed by atoms with Crippen LogP contribution in [0.25, 0.3) is 0 Å². The molecule has 1 nitrogen and oxygen atoms in total. The molecule has 3 heteroatoms. The lowest BCUT2D eigenvalue weighted by Crippen LogP contribution is -2.14. The number of hydrogen-bond acceptors (Lipinski definition) is 1. The minimum absolute atomic E-state index is 0.180. The predicted octanol–water partition coefficient (Wildman–Crippen LogP) is 3.32. The zero-order valence-electron chi connectivity index (χ0n) is 9.45. The minimum Gasteiger partial charge on any atom is -0.320 e. The summed E-state index contributed by atoms with van der Waals surface area (Å²) in [7, 11) is 0. The zero-order chi connectivity index (χ0) is 12.4. The van der Waals surface area contributed by atoms with Crippen LogP contribution >= 0.6 is 0 Å². The predicted molar refractivity (Wildman–Crippen MR) is 63.6 cm³/mol. The zero-order valence-corrected chi connectivity index (χ0v) is 9.45. The van der Waals surface area contributed by atoms with Gasteiger partial charge in [0.05, 0.1) is 6.04 Å². The highest BCUT2D eigenvalue weighted by atomic mass is 19.1. The summed E-state index contributed by atoms with van der Waals surface area (Å²) in [6, 6.07) is 10.8. The van der Waals surface area contributed by atoms with Gasteiger partial charge in [0.1, 0.15) is 11.6 Å². The van der Waals surface area contributed by atoms with Crippen LogP contribution < -0.4 is 5.73 Å². The van der Waals surface area contributed by atoms with Crippen LogP contribution in [-0.4, -0.2) is 0 Å². The molecule has 2 N–H and O–H groups in total. The van der Waals surface area contributed by atoms with Gasteiger partial charge in [-0.2, -0.15) is 0 Å². The molecule has 0 heterocycles. The van der Waals surface area contributed by atoms with Crippen LogP contribution in [0.1, 0.15) is 22.7 Å². The molecule has 0 radical (unpaired) electrons. The van der Waals surface area contributed by atoms with E-state index in [-0.39, 0.29) is 11.1 Å². The number of nitrogens with two attached hydrogens (primary N) is 1. The molecular weight excluding hydrogens is 220 g/mol. The second kappa shape index (κ2) is 4.63. The van der Waals surface area contributed by atoms with Crippen LogP contribution in [0.15, 0.2) is 42.5 Å². The summed E-state index contributed by atoms with van der Waals surface area (Å²) in [5.74, 6) is -0.909. The molecule has 0 aliphatic heterocycles. The first kappa shape index (κ1) is 11.7. The lowest BCUT2D eigenvalue weighted by molar-refractivity contribution is 0.570. The van der Waals surface area contributed by atoms with E-state index in [1.807, 2.05) is 18.2 Å². The molecule has 2 aromatic carbocycles. The van der Waals surface area contributed by atoms with Crippen molar-refractivity contribution in [2.24, 2.45) is 5.73 Å². The topological polar surface area (TPSA) is 26.0 Å². The van der Waals surface area contributed by atoms with Crippen molar-refractivity contribution in [3.8, 4) is 0 Å². The first-order chi connectivity index (χ1) is 8.09. The van der Waals surface area contributed by atoms with E-state index in [0.717, 1.165) is 5.56 Å². The Kier molecular flexibility index (Phi) is 3.20. The third kappa shape index (κ3) is 2.34. The van der Waals surface area contributed by atoms with Gasteiger partial charge in [-0.05, 0) is 30.2 Å². The molecule has 2 rings (SSSR count). The van der Waals surface area contributed by atoms with Crippen molar-refractivity contribution >= 4 is 0 Å². The highest BCUT2D eigenvalue weighted by molar-refractivity contribution is 5.34. The molecule has 0 spiro atoms. The van der Waals surface area contributed by atoms with E-state index in [0.29, 0.717) is 0 Å². The van der Waals surface area contributed by atoms with E-state index >= 15 is 0 Å². The van der Waals surface area contributed by atoms with Crippen molar-refractivity contribution in [3.63, 3.8) is 0 Å².